The molecule has 0 amide bonds. The van der Waals surface area contributed by atoms with Gasteiger partial charge in [-0.15, -0.1) is 30.6 Å². The molecule has 12 aromatic rings. The Kier molecular flexibility index (Phi) is 50.4. The monoisotopic (exact) mass is 1900 g/mol. The molecule has 0 aromatic carbocycles. The van der Waals surface area contributed by atoms with E-state index in [1.165, 1.54) is 29.1 Å². The molecule has 6 unspecified atom stereocenters. The first-order valence-electron chi connectivity index (χ1n) is 34.1. The summed E-state index contributed by atoms with van der Waals surface area (Å²) in [6.07, 6.45) is 10.1. The molecule has 0 aliphatic carbocycles. The van der Waals surface area contributed by atoms with Crippen LogP contribution in [-0.4, -0.2) is 383 Å². The Morgan fingerprint density at radius 2 is 0.357 bits per heavy atom. The molecule has 0 saturated carbocycles. The minimum absolute atomic E-state index is 0.591. The van der Waals surface area contributed by atoms with Crippen LogP contribution in [0.25, 0.3) is 67.0 Å². The average Bonchev–Trinajstić information content (AvgIpc) is 1.71. The summed E-state index contributed by atoms with van der Waals surface area (Å²) in [7, 11) is 23.7. The van der Waals surface area contributed by atoms with Crippen molar-refractivity contribution < 1.29 is 138 Å². The molecule has 54 nitrogen and oxygen atoms in total. The Bertz CT molecular complexity index is 4790. The van der Waals surface area contributed by atoms with Gasteiger partial charge in [-0.05, 0) is 161 Å². The molecule has 12 heterocycles. The molecule has 0 spiro atoms. The number of fused-ring (bicyclic) bond motifs is 6. The fourth-order valence-electron chi connectivity index (χ4n) is 8.68. The fraction of sp³-hybridized carbons (Fsp3) is 0.400. The number of aromatic nitrogens is 24. The summed E-state index contributed by atoms with van der Waals surface area (Å²) in [5.41, 5.74) is 7.74. The third-order valence-electron chi connectivity index (χ3n) is 12.7. The molecule has 0 aliphatic heterocycles. The lowest BCUT2D eigenvalue weighted by Gasteiger charge is -2.09. The first-order chi connectivity index (χ1) is 58.9. The van der Waals surface area contributed by atoms with Gasteiger partial charge < -0.3 is 29.4 Å². The molecular formula is C60H90F6N36O18P6+6. The van der Waals surface area contributed by atoms with Crippen molar-refractivity contribution in [2.45, 2.75) is 0 Å². The Hall–Kier alpha value is -13.1. The SMILES string of the molecule is CN(C)C(On1nnc2cccnc21)=[N+](C)C.CN(C)C(On1nnc2cccnc21)=[N+](C)C.CN(C)C(On1nnc2cccnc21)=[N+](C)C.CN(C)C(On1nnc2cccnc21)=[N+](C)C.CN(C)C(On1nnc2cccnc21)=[N+](C)C.CN(C)C(On1nnc2cccnc21)=[N+](C)C.O=[P+]([O-])F.O=[P+]([O-])F.O=[P+]([O-])F.O=[P+]([O-])F.O=[P+]([O-])F.O=[P+]([O-])F. The molecule has 0 fully saturated rings. The zero-order chi connectivity index (χ0) is 95.9. The minimum atomic E-state index is -3.62. The maximum absolute atomic E-state index is 9.95. The van der Waals surface area contributed by atoms with Gasteiger partial charge in [0.05, 0.1) is 194 Å². The summed E-state index contributed by atoms with van der Waals surface area (Å²) < 4.78 is 121. The minimum Gasteiger partial charge on any atom is -0.562 e. The van der Waals surface area contributed by atoms with Crippen molar-refractivity contribution in [1.29, 1.82) is 0 Å². The number of rotatable bonds is 6. The summed E-state index contributed by atoms with van der Waals surface area (Å²) in [6.45, 7) is 0. The van der Waals surface area contributed by atoms with Gasteiger partial charge in [-0.3, -0.25) is 29.0 Å². The zero-order valence-electron chi connectivity index (χ0n) is 71.8. The highest BCUT2D eigenvalue weighted by Crippen LogP contribution is 2.12. The van der Waals surface area contributed by atoms with E-state index in [9.17, 15) is 25.2 Å². The van der Waals surface area contributed by atoms with Gasteiger partial charge in [-0.1, -0.05) is 0 Å². The zero-order valence-corrected chi connectivity index (χ0v) is 77.2. The van der Waals surface area contributed by atoms with E-state index in [2.05, 4.69) is 91.8 Å². The van der Waals surface area contributed by atoms with Crippen molar-refractivity contribution in [2.24, 2.45) is 0 Å². The summed E-state index contributed by atoms with van der Waals surface area (Å²) >= 11 is 0. The van der Waals surface area contributed by atoms with Crippen LogP contribution in [0.2, 0.25) is 0 Å². The average molecular weight is 1900 g/mol. The van der Waals surface area contributed by atoms with Gasteiger partial charge >= 0.3 is 86.2 Å². The quantitative estimate of drug-likeness (QED) is 0.0513. The summed E-state index contributed by atoms with van der Waals surface area (Å²) in [4.78, 5) is 128. The van der Waals surface area contributed by atoms with Gasteiger partial charge in [-0.25, -0.2) is 86.8 Å². The Morgan fingerprint density at radius 1 is 0.254 bits per heavy atom. The van der Waals surface area contributed by atoms with Crippen molar-refractivity contribution in [2.75, 3.05) is 169 Å². The van der Waals surface area contributed by atoms with E-state index < -0.39 is 50.0 Å². The van der Waals surface area contributed by atoms with Gasteiger partial charge in [0, 0.05) is 37.2 Å². The van der Waals surface area contributed by atoms with Crippen LogP contribution in [0.1, 0.15) is 0 Å². The third-order valence-corrected chi connectivity index (χ3v) is 12.7. The second-order valence-electron chi connectivity index (χ2n) is 25.1. The third kappa shape index (κ3) is 41.8. The molecule has 66 heteroatoms. The molecule has 0 aliphatic rings. The van der Waals surface area contributed by atoms with E-state index in [0.717, 1.165) is 0 Å². The predicted molar refractivity (Wildman–Crippen MR) is 429 cm³/mol. The van der Waals surface area contributed by atoms with E-state index in [-0.39, 0.29) is 0 Å². The van der Waals surface area contributed by atoms with E-state index in [4.69, 9.17) is 85.8 Å². The molecule has 0 saturated heterocycles. The summed E-state index contributed by atoms with van der Waals surface area (Å²) in [5, 5.41) is 47.2. The van der Waals surface area contributed by atoms with Crippen LogP contribution >= 0.6 is 50.0 Å². The van der Waals surface area contributed by atoms with Gasteiger partial charge in [-0.2, -0.15) is 0 Å². The van der Waals surface area contributed by atoms with E-state index >= 15 is 0 Å². The van der Waals surface area contributed by atoms with Crippen LogP contribution in [-0.2, 0) is 27.4 Å². The fourth-order valence-corrected chi connectivity index (χ4v) is 8.68. The molecule has 12 aromatic heterocycles. The van der Waals surface area contributed by atoms with Crippen molar-refractivity contribution in [3.8, 4) is 0 Å². The first kappa shape index (κ1) is 111. The van der Waals surface area contributed by atoms with Gasteiger partial charge in [0.15, 0.2) is 0 Å². The largest absolute Gasteiger partial charge is 0.562 e. The van der Waals surface area contributed by atoms with E-state index in [1.54, 1.807) is 37.2 Å². The molecule has 0 radical (unpaired) electrons. The van der Waals surface area contributed by atoms with Crippen molar-refractivity contribution >= 4 is 153 Å². The maximum atomic E-state index is 9.95. The smallest absolute Gasteiger partial charge is 0.540 e. The van der Waals surface area contributed by atoms with E-state index in [1.807, 2.05) is 299 Å². The number of amidine groups is 6. The van der Waals surface area contributed by atoms with Crippen LogP contribution in [0.4, 0.5) is 25.2 Å². The number of pyridine rings is 6. The molecule has 126 heavy (non-hydrogen) atoms. The molecule has 0 bridgehead atoms. The van der Waals surface area contributed by atoms with Gasteiger partial charge in [0.1, 0.15) is 33.1 Å². The standard InChI is InChI=1S/6C10H15N6O.6FO2P/c6*1-14(2)10(15(3)4)17-16-9-8(12-13-16)6-5-7-11-9;6*1-4(2)3/h6*5-7H,1-4H3;;;;;;/q6*+1;;;;;;. The molecule has 684 valence electrons. The molecule has 12 rings (SSSR count). The topological polar surface area (TPSA) is 595 Å². The van der Waals surface area contributed by atoms with Crippen LogP contribution in [0.3, 0.4) is 0 Å². The second kappa shape index (κ2) is 57.3. The summed E-state index contributed by atoms with van der Waals surface area (Å²) in [6, 6.07) is 25.7. The lowest BCUT2D eigenvalue weighted by atomic mass is 10.4. The second-order valence-corrected chi connectivity index (χ2v) is 27.7. The van der Waals surface area contributed by atoms with Crippen molar-refractivity contribution in [3.63, 3.8) is 0 Å². The lowest BCUT2D eigenvalue weighted by Crippen LogP contribution is -2.39. The highest BCUT2D eigenvalue weighted by molar-refractivity contribution is 7.30. The van der Waals surface area contributed by atoms with Crippen molar-refractivity contribution in [1.82, 2.24) is 150 Å². The van der Waals surface area contributed by atoms with Crippen LogP contribution in [0.15, 0.2) is 110 Å². The molecule has 6 atom stereocenters. The number of hydrogen-bond donors (Lipinski definition) is 0. The van der Waals surface area contributed by atoms with Crippen LogP contribution < -0.4 is 58.4 Å². The normalized spacial score (nSPS) is 10.5. The molecule has 0 N–H and O–H groups in total. The van der Waals surface area contributed by atoms with Gasteiger partial charge in [0.2, 0.25) is 33.9 Å². The highest BCUT2D eigenvalue weighted by atomic mass is 31.2. The van der Waals surface area contributed by atoms with Crippen LogP contribution in [0, 0.1) is 0 Å². The summed E-state index contributed by atoms with van der Waals surface area (Å²) in [5.74, 6) is 0. The van der Waals surface area contributed by atoms with Crippen molar-refractivity contribution in [3.05, 3.63) is 110 Å². The Balaban J connectivity index is 0.000000717. The number of hydrogen-bond acceptors (Lipinski definition) is 36. The highest BCUT2D eigenvalue weighted by Gasteiger charge is 2.24. The first-order valence-corrected chi connectivity index (χ1v) is 40.6. The Labute approximate surface area is 718 Å². The maximum Gasteiger partial charge on any atom is 0.540 e. The lowest BCUT2D eigenvalue weighted by molar-refractivity contribution is -0.480. The van der Waals surface area contributed by atoms with Gasteiger partial charge in [0.25, 0.3) is 0 Å². The molecular weight excluding hydrogens is 1810 g/mol. The number of halogens is 6. The van der Waals surface area contributed by atoms with E-state index in [0.29, 0.717) is 103 Å². The predicted octanol–water partition coefficient (Wildman–Crippen LogP) is -3.49. The number of nitrogens with zero attached hydrogens (tertiary/aromatic N) is 36. The Morgan fingerprint density at radius 3 is 0.444 bits per heavy atom. The van der Waals surface area contributed by atoms with Crippen LogP contribution in [0.5, 0.6) is 0 Å².